The molecule has 0 spiro atoms. The van der Waals surface area contributed by atoms with Crippen LogP contribution in [0.3, 0.4) is 0 Å². The van der Waals surface area contributed by atoms with Gasteiger partial charge in [-0.3, -0.25) is 4.79 Å². The summed E-state index contributed by atoms with van der Waals surface area (Å²) in [6, 6.07) is 13.4. The van der Waals surface area contributed by atoms with Crippen LogP contribution in [0.25, 0.3) is 0 Å². The number of aromatic carboxylic acids is 1. The number of aryl methyl sites for hydroxylation is 1. The summed E-state index contributed by atoms with van der Waals surface area (Å²) in [6.07, 6.45) is 5.27. The second-order valence-electron chi connectivity index (χ2n) is 6.06. The van der Waals surface area contributed by atoms with Crippen molar-refractivity contribution in [1.29, 1.82) is 0 Å². The highest BCUT2D eigenvalue weighted by Gasteiger charge is 2.29. The number of hydrogen-bond acceptors (Lipinski definition) is 3. The molecule has 2 heterocycles. The van der Waals surface area contributed by atoms with Gasteiger partial charge in [-0.15, -0.1) is 0 Å². The molecule has 2 aromatic rings. The van der Waals surface area contributed by atoms with Crippen LogP contribution in [0.15, 0.2) is 48.7 Å². The van der Waals surface area contributed by atoms with Gasteiger partial charge in [0.25, 0.3) is 5.91 Å². The van der Waals surface area contributed by atoms with Gasteiger partial charge in [0.1, 0.15) is 5.69 Å². The van der Waals surface area contributed by atoms with E-state index in [4.69, 9.17) is 5.11 Å². The summed E-state index contributed by atoms with van der Waals surface area (Å²) in [5.41, 5.74) is 1.68. The fourth-order valence-electron chi connectivity index (χ4n) is 3.19. The summed E-state index contributed by atoms with van der Waals surface area (Å²) in [5.74, 6) is -1.15. The average Bonchev–Trinajstić information content (AvgIpc) is 3.09. The summed E-state index contributed by atoms with van der Waals surface area (Å²) in [4.78, 5) is 29.3. The van der Waals surface area contributed by atoms with Crippen LogP contribution in [0.4, 0.5) is 0 Å². The number of nitrogens with zero attached hydrogens (tertiary/aromatic N) is 2. The van der Waals surface area contributed by atoms with E-state index in [1.165, 1.54) is 17.8 Å². The van der Waals surface area contributed by atoms with Crippen LogP contribution in [0.2, 0.25) is 0 Å². The smallest absolute Gasteiger partial charge is 0.354 e. The maximum atomic E-state index is 12.7. The lowest BCUT2D eigenvalue weighted by atomic mass is 10.0. The van der Waals surface area contributed by atoms with E-state index < -0.39 is 5.97 Å². The molecule has 1 aliphatic heterocycles. The van der Waals surface area contributed by atoms with Gasteiger partial charge in [-0.1, -0.05) is 30.3 Å². The predicted octanol–water partition coefficient (Wildman–Crippen LogP) is 3.02. The van der Waals surface area contributed by atoms with Gasteiger partial charge < -0.3 is 10.0 Å². The molecule has 1 atom stereocenters. The molecule has 0 aliphatic carbocycles. The van der Waals surface area contributed by atoms with Crippen molar-refractivity contribution in [2.24, 2.45) is 0 Å². The molecule has 124 valence electrons. The van der Waals surface area contributed by atoms with Crippen LogP contribution in [-0.2, 0) is 6.42 Å². The number of likely N-dealkylation sites (tertiary alicyclic amines) is 1. The van der Waals surface area contributed by atoms with E-state index in [0.29, 0.717) is 5.56 Å². The minimum absolute atomic E-state index is 0.0476. The lowest BCUT2D eigenvalue weighted by Gasteiger charge is -2.25. The maximum absolute atomic E-state index is 12.7. The Balaban J connectivity index is 1.65. The molecule has 1 unspecified atom stereocenters. The number of carboxylic acid groups (broad SMARTS) is 1. The topological polar surface area (TPSA) is 70.5 Å². The SMILES string of the molecule is O=C(O)c1ccc(C(=O)N2CCCC2CCc2ccccc2)cn1. The van der Waals surface area contributed by atoms with Crippen molar-refractivity contribution < 1.29 is 14.7 Å². The van der Waals surface area contributed by atoms with Gasteiger partial charge in [0.15, 0.2) is 0 Å². The number of pyridine rings is 1. The highest BCUT2D eigenvalue weighted by atomic mass is 16.4. The third-order valence-electron chi connectivity index (χ3n) is 4.48. The molecule has 1 aromatic carbocycles. The molecule has 1 fully saturated rings. The number of amides is 1. The Morgan fingerprint density at radius 1 is 1.17 bits per heavy atom. The number of carboxylic acids is 1. The quantitative estimate of drug-likeness (QED) is 0.918. The molecule has 0 bridgehead atoms. The van der Waals surface area contributed by atoms with Gasteiger partial charge >= 0.3 is 5.97 Å². The Kier molecular flexibility index (Phi) is 4.89. The number of carbonyl (C=O) groups excluding carboxylic acids is 1. The molecule has 3 rings (SSSR count). The first kappa shape index (κ1) is 16.2. The maximum Gasteiger partial charge on any atom is 0.354 e. The van der Waals surface area contributed by atoms with E-state index in [1.807, 2.05) is 23.1 Å². The minimum Gasteiger partial charge on any atom is -0.477 e. The van der Waals surface area contributed by atoms with Crippen molar-refractivity contribution >= 4 is 11.9 Å². The Morgan fingerprint density at radius 2 is 1.96 bits per heavy atom. The number of hydrogen-bond donors (Lipinski definition) is 1. The van der Waals surface area contributed by atoms with Gasteiger partial charge in [0, 0.05) is 18.8 Å². The summed E-state index contributed by atoms with van der Waals surface area (Å²) < 4.78 is 0. The second-order valence-corrected chi connectivity index (χ2v) is 6.06. The molecular formula is C19H20N2O3. The fraction of sp³-hybridized carbons (Fsp3) is 0.316. The van der Waals surface area contributed by atoms with E-state index in [-0.39, 0.29) is 17.6 Å². The molecule has 0 saturated carbocycles. The highest BCUT2D eigenvalue weighted by molar-refractivity contribution is 5.95. The van der Waals surface area contributed by atoms with Crippen LogP contribution in [-0.4, -0.2) is 39.5 Å². The van der Waals surface area contributed by atoms with Crippen molar-refractivity contribution in [3.63, 3.8) is 0 Å². The van der Waals surface area contributed by atoms with Gasteiger partial charge in [-0.05, 0) is 43.4 Å². The zero-order valence-corrected chi connectivity index (χ0v) is 13.4. The first-order valence-electron chi connectivity index (χ1n) is 8.19. The average molecular weight is 324 g/mol. The molecule has 1 N–H and O–H groups in total. The van der Waals surface area contributed by atoms with E-state index in [0.717, 1.165) is 32.2 Å². The highest BCUT2D eigenvalue weighted by Crippen LogP contribution is 2.24. The van der Waals surface area contributed by atoms with Gasteiger partial charge in [-0.2, -0.15) is 0 Å². The van der Waals surface area contributed by atoms with Crippen molar-refractivity contribution in [2.45, 2.75) is 31.7 Å². The molecule has 5 heteroatoms. The monoisotopic (exact) mass is 324 g/mol. The van der Waals surface area contributed by atoms with Crippen LogP contribution in [0.5, 0.6) is 0 Å². The first-order valence-corrected chi connectivity index (χ1v) is 8.19. The lowest BCUT2D eigenvalue weighted by molar-refractivity contribution is 0.0685. The summed E-state index contributed by atoms with van der Waals surface area (Å²) >= 11 is 0. The third kappa shape index (κ3) is 3.62. The fourth-order valence-corrected chi connectivity index (χ4v) is 3.19. The van der Waals surface area contributed by atoms with E-state index in [9.17, 15) is 9.59 Å². The Labute approximate surface area is 140 Å². The predicted molar refractivity (Wildman–Crippen MR) is 90.0 cm³/mol. The van der Waals surface area contributed by atoms with E-state index in [1.54, 1.807) is 6.07 Å². The van der Waals surface area contributed by atoms with Crippen LogP contribution in [0, 0.1) is 0 Å². The molecule has 1 aliphatic rings. The standard InChI is InChI=1S/C19H20N2O3/c22-18(15-9-11-17(19(23)24)20-13-15)21-12-4-7-16(21)10-8-14-5-2-1-3-6-14/h1-3,5-6,9,11,13,16H,4,7-8,10,12H2,(H,23,24). The molecular weight excluding hydrogens is 304 g/mol. The summed E-state index contributed by atoms with van der Waals surface area (Å²) in [6.45, 7) is 0.749. The number of aromatic nitrogens is 1. The molecule has 1 saturated heterocycles. The van der Waals surface area contributed by atoms with E-state index >= 15 is 0 Å². The van der Waals surface area contributed by atoms with E-state index in [2.05, 4.69) is 17.1 Å². The first-order chi connectivity index (χ1) is 11.6. The Morgan fingerprint density at radius 3 is 2.62 bits per heavy atom. The number of carbonyl (C=O) groups is 2. The van der Waals surface area contributed by atoms with Gasteiger partial charge in [0.05, 0.1) is 5.56 Å². The molecule has 5 nitrogen and oxygen atoms in total. The molecule has 24 heavy (non-hydrogen) atoms. The lowest BCUT2D eigenvalue weighted by Crippen LogP contribution is -2.35. The minimum atomic E-state index is -1.09. The molecule has 0 radical (unpaired) electrons. The van der Waals surface area contributed by atoms with Gasteiger partial charge in [-0.25, -0.2) is 9.78 Å². The van der Waals surface area contributed by atoms with Crippen molar-refractivity contribution in [3.05, 3.63) is 65.5 Å². The van der Waals surface area contributed by atoms with Crippen LogP contribution >= 0.6 is 0 Å². The molecule has 1 aromatic heterocycles. The zero-order chi connectivity index (χ0) is 16.9. The Hall–Kier alpha value is -2.69. The van der Waals surface area contributed by atoms with Crippen LogP contribution in [0.1, 0.15) is 45.7 Å². The normalized spacial score (nSPS) is 17.0. The third-order valence-corrected chi connectivity index (χ3v) is 4.48. The van der Waals surface area contributed by atoms with Crippen molar-refractivity contribution in [1.82, 2.24) is 9.88 Å². The van der Waals surface area contributed by atoms with Gasteiger partial charge in [0.2, 0.25) is 0 Å². The Bertz CT molecular complexity index is 713. The second kappa shape index (κ2) is 7.25. The number of rotatable bonds is 5. The van der Waals surface area contributed by atoms with Crippen LogP contribution < -0.4 is 0 Å². The molecule has 1 amide bonds. The zero-order valence-electron chi connectivity index (χ0n) is 13.4. The van der Waals surface area contributed by atoms with Crippen molar-refractivity contribution in [3.8, 4) is 0 Å². The summed E-state index contributed by atoms with van der Waals surface area (Å²) in [5, 5.41) is 8.89. The van der Waals surface area contributed by atoms with Crippen molar-refractivity contribution in [2.75, 3.05) is 6.54 Å². The summed E-state index contributed by atoms with van der Waals surface area (Å²) in [7, 11) is 0. The largest absolute Gasteiger partial charge is 0.477 e. The number of benzene rings is 1.